The molecular formula is C21H26ClN3O3. The number of para-hydroxylation sites is 1. The van der Waals surface area contributed by atoms with Crippen molar-refractivity contribution in [2.45, 2.75) is 13.0 Å². The van der Waals surface area contributed by atoms with Crippen molar-refractivity contribution < 1.29 is 14.3 Å². The molecule has 7 heteroatoms. The summed E-state index contributed by atoms with van der Waals surface area (Å²) in [6.45, 7) is 3.96. The highest BCUT2D eigenvalue weighted by molar-refractivity contribution is 6.04. The molecule has 2 aromatic carbocycles. The Morgan fingerprint density at radius 2 is 1.64 bits per heavy atom. The van der Waals surface area contributed by atoms with Gasteiger partial charge in [0.05, 0.1) is 30.4 Å². The highest BCUT2D eigenvalue weighted by atomic mass is 35.5. The zero-order valence-corrected chi connectivity index (χ0v) is 16.7. The molecule has 6 nitrogen and oxygen atoms in total. The quantitative estimate of drug-likeness (QED) is 0.803. The smallest absolute Gasteiger partial charge is 0.256 e. The second kappa shape index (κ2) is 10.2. The molecule has 28 heavy (non-hydrogen) atoms. The van der Waals surface area contributed by atoms with E-state index in [1.807, 2.05) is 30.3 Å². The van der Waals surface area contributed by atoms with Gasteiger partial charge in [-0.25, -0.2) is 0 Å². The van der Waals surface area contributed by atoms with Crippen LogP contribution in [0.15, 0.2) is 54.6 Å². The topological polar surface area (TPSA) is 84.7 Å². The molecule has 1 fully saturated rings. The van der Waals surface area contributed by atoms with Crippen molar-refractivity contribution in [1.29, 1.82) is 0 Å². The molecule has 1 aliphatic heterocycles. The van der Waals surface area contributed by atoms with Gasteiger partial charge in [-0.2, -0.15) is 0 Å². The van der Waals surface area contributed by atoms with Crippen molar-refractivity contribution in [2.24, 2.45) is 11.7 Å². The van der Waals surface area contributed by atoms with Gasteiger partial charge in [0, 0.05) is 19.1 Å². The van der Waals surface area contributed by atoms with E-state index < -0.39 is 12.0 Å². The Bertz CT molecular complexity index is 794. The number of nitrogens with one attached hydrogen (secondary N) is 1. The van der Waals surface area contributed by atoms with Crippen molar-refractivity contribution in [2.75, 3.05) is 31.6 Å². The van der Waals surface area contributed by atoms with E-state index in [1.165, 1.54) is 0 Å². The number of anilines is 1. The number of morpholine rings is 1. The molecule has 3 N–H and O–H groups in total. The minimum atomic E-state index is -0.445. The van der Waals surface area contributed by atoms with Gasteiger partial charge < -0.3 is 20.7 Å². The highest BCUT2D eigenvalue weighted by Crippen LogP contribution is 2.23. The number of halogens is 1. The molecule has 2 unspecified atom stereocenters. The van der Waals surface area contributed by atoms with Crippen molar-refractivity contribution >= 4 is 29.9 Å². The summed E-state index contributed by atoms with van der Waals surface area (Å²) in [5.74, 6) is -0.762. The first kappa shape index (κ1) is 21.9. The van der Waals surface area contributed by atoms with E-state index in [4.69, 9.17) is 10.5 Å². The molecule has 3 rings (SSSR count). The van der Waals surface area contributed by atoms with Crippen LogP contribution in [0.4, 0.5) is 5.69 Å². The lowest BCUT2D eigenvalue weighted by Crippen LogP contribution is -2.41. The molecule has 0 aliphatic carbocycles. The lowest BCUT2D eigenvalue weighted by molar-refractivity contribution is -0.120. The maximum absolute atomic E-state index is 12.8. The Kier molecular flexibility index (Phi) is 7.99. The number of rotatable bonds is 5. The second-order valence-electron chi connectivity index (χ2n) is 6.66. The van der Waals surface area contributed by atoms with Gasteiger partial charge in [0.1, 0.15) is 0 Å². The maximum atomic E-state index is 12.8. The summed E-state index contributed by atoms with van der Waals surface area (Å²) in [7, 11) is 0. The fourth-order valence-corrected chi connectivity index (χ4v) is 3.09. The van der Waals surface area contributed by atoms with Gasteiger partial charge in [-0.15, -0.1) is 12.4 Å². The summed E-state index contributed by atoms with van der Waals surface area (Å²) >= 11 is 0. The normalized spacial score (nSPS) is 15.9. The zero-order valence-electron chi connectivity index (χ0n) is 15.8. The van der Waals surface area contributed by atoms with Crippen LogP contribution in [0.1, 0.15) is 28.9 Å². The molecule has 0 bridgehead atoms. The summed E-state index contributed by atoms with van der Waals surface area (Å²) in [5, 5.41) is 2.88. The van der Waals surface area contributed by atoms with E-state index in [0.29, 0.717) is 37.6 Å². The predicted octanol–water partition coefficient (Wildman–Crippen LogP) is 2.86. The number of ether oxygens (including phenoxy) is 1. The number of hydrogen-bond donors (Lipinski definition) is 2. The van der Waals surface area contributed by atoms with Crippen LogP contribution in [-0.4, -0.2) is 43.0 Å². The molecule has 0 radical (unpaired) electrons. The standard InChI is InChI=1S/C21H25N3O3.ClH/c1-15(19(22)16-7-3-2-4-8-16)20(25)23-18-10-6-5-9-17(18)21(26)24-11-13-27-14-12-24;/h2-10,15,19H,11-14,22H2,1H3,(H,23,25);1H. The fraction of sp³-hybridized carbons (Fsp3) is 0.333. The van der Waals surface area contributed by atoms with Crippen LogP contribution in [0.25, 0.3) is 0 Å². The molecule has 2 atom stereocenters. The van der Waals surface area contributed by atoms with E-state index >= 15 is 0 Å². The van der Waals surface area contributed by atoms with E-state index in [2.05, 4.69) is 5.32 Å². The number of nitrogens with two attached hydrogens (primary N) is 1. The lowest BCUT2D eigenvalue weighted by atomic mass is 9.94. The Morgan fingerprint density at radius 1 is 1.04 bits per heavy atom. The van der Waals surface area contributed by atoms with Crippen LogP contribution in [0.2, 0.25) is 0 Å². The molecule has 2 aromatic rings. The van der Waals surface area contributed by atoms with E-state index in [1.54, 1.807) is 36.1 Å². The lowest BCUT2D eigenvalue weighted by Gasteiger charge is -2.28. The van der Waals surface area contributed by atoms with Gasteiger partial charge in [0.2, 0.25) is 5.91 Å². The third kappa shape index (κ3) is 5.10. The van der Waals surface area contributed by atoms with Gasteiger partial charge in [-0.05, 0) is 17.7 Å². The second-order valence-corrected chi connectivity index (χ2v) is 6.66. The molecule has 1 heterocycles. The van der Waals surface area contributed by atoms with Crippen molar-refractivity contribution in [3.05, 3.63) is 65.7 Å². The number of hydrogen-bond acceptors (Lipinski definition) is 4. The molecular weight excluding hydrogens is 378 g/mol. The van der Waals surface area contributed by atoms with E-state index in [-0.39, 0.29) is 24.2 Å². The van der Waals surface area contributed by atoms with Crippen LogP contribution in [0, 0.1) is 5.92 Å². The third-order valence-electron chi connectivity index (χ3n) is 4.85. The molecule has 2 amide bonds. The molecule has 150 valence electrons. The number of carbonyl (C=O) groups is 2. The van der Waals surface area contributed by atoms with Crippen LogP contribution in [0.3, 0.4) is 0 Å². The van der Waals surface area contributed by atoms with Crippen LogP contribution in [-0.2, 0) is 9.53 Å². The monoisotopic (exact) mass is 403 g/mol. The number of carbonyl (C=O) groups excluding carboxylic acids is 2. The van der Waals surface area contributed by atoms with Gasteiger partial charge >= 0.3 is 0 Å². The fourth-order valence-electron chi connectivity index (χ4n) is 3.09. The Balaban J connectivity index is 0.00000280. The Morgan fingerprint density at radius 3 is 2.32 bits per heavy atom. The van der Waals surface area contributed by atoms with Crippen LogP contribution < -0.4 is 11.1 Å². The first-order valence-corrected chi connectivity index (χ1v) is 9.15. The predicted molar refractivity (Wildman–Crippen MR) is 112 cm³/mol. The average molecular weight is 404 g/mol. The van der Waals surface area contributed by atoms with Gasteiger partial charge in [-0.3, -0.25) is 9.59 Å². The molecule has 0 aromatic heterocycles. The number of nitrogens with zero attached hydrogens (tertiary/aromatic N) is 1. The summed E-state index contributed by atoms with van der Waals surface area (Å²) in [6, 6.07) is 16.2. The first-order chi connectivity index (χ1) is 13.1. The van der Waals surface area contributed by atoms with Gasteiger partial charge in [-0.1, -0.05) is 49.4 Å². The summed E-state index contributed by atoms with van der Waals surface area (Å²) in [5.41, 5.74) is 8.14. The van der Waals surface area contributed by atoms with Crippen molar-refractivity contribution in [3.8, 4) is 0 Å². The third-order valence-corrected chi connectivity index (χ3v) is 4.85. The SMILES string of the molecule is CC(C(=O)Nc1ccccc1C(=O)N1CCOCC1)C(N)c1ccccc1.Cl. The van der Waals surface area contributed by atoms with Crippen molar-refractivity contribution in [1.82, 2.24) is 4.90 Å². The highest BCUT2D eigenvalue weighted by Gasteiger charge is 2.25. The summed E-state index contributed by atoms with van der Waals surface area (Å²) in [6.07, 6.45) is 0. The Labute approximate surface area is 171 Å². The molecule has 1 aliphatic rings. The number of amides is 2. The minimum absolute atomic E-state index is 0. The van der Waals surface area contributed by atoms with E-state index in [0.717, 1.165) is 5.56 Å². The minimum Gasteiger partial charge on any atom is -0.378 e. The summed E-state index contributed by atoms with van der Waals surface area (Å²) in [4.78, 5) is 27.3. The first-order valence-electron chi connectivity index (χ1n) is 9.15. The molecule has 0 saturated carbocycles. The Hall–Kier alpha value is -2.41. The van der Waals surface area contributed by atoms with Crippen molar-refractivity contribution in [3.63, 3.8) is 0 Å². The molecule has 0 spiro atoms. The zero-order chi connectivity index (χ0) is 19.2. The van der Waals surface area contributed by atoms with Crippen LogP contribution >= 0.6 is 12.4 Å². The largest absolute Gasteiger partial charge is 0.378 e. The molecule has 1 saturated heterocycles. The number of benzene rings is 2. The average Bonchev–Trinajstić information content (AvgIpc) is 2.73. The van der Waals surface area contributed by atoms with Gasteiger partial charge in [0.25, 0.3) is 5.91 Å². The maximum Gasteiger partial charge on any atom is 0.256 e. The van der Waals surface area contributed by atoms with Crippen LogP contribution in [0.5, 0.6) is 0 Å². The summed E-state index contributed by atoms with van der Waals surface area (Å²) < 4.78 is 5.30. The van der Waals surface area contributed by atoms with Gasteiger partial charge in [0.15, 0.2) is 0 Å². The van der Waals surface area contributed by atoms with E-state index in [9.17, 15) is 9.59 Å².